The van der Waals surface area contributed by atoms with Gasteiger partial charge >= 0.3 is 6.18 Å². The van der Waals surface area contributed by atoms with Crippen molar-refractivity contribution >= 4 is 5.91 Å². The molecule has 2 aliphatic heterocycles. The van der Waals surface area contributed by atoms with Crippen LogP contribution in [0.1, 0.15) is 48.2 Å². The van der Waals surface area contributed by atoms with E-state index in [4.69, 9.17) is 9.47 Å². The van der Waals surface area contributed by atoms with Crippen LogP contribution in [0.2, 0.25) is 0 Å². The summed E-state index contributed by atoms with van der Waals surface area (Å²) >= 11 is 0. The number of ether oxygens (including phenoxy) is 2. The minimum absolute atomic E-state index is 0.00825. The number of carbonyl (C=O) groups is 1. The molecule has 1 aromatic heterocycles. The van der Waals surface area contributed by atoms with E-state index in [9.17, 15) is 18.0 Å². The molecule has 3 heterocycles. The molecule has 3 aliphatic rings. The van der Waals surface area contributed by atoms with Gasteiger partial charge in [-0.05, 0) is 43.7 Å². The Balaban J connectivity index is 1.41. The van der Waals surface area contributed by atoms with Crippen molar-refractivity contribution in [3.05, 3.63) is 29.6 Å². The minimum Gasteiger partial charge on any atom is -0.375 e. The second kappa shape index (κ2) is 7.05. The number of amides is 1. The minimum atomic E-state index is -4.57. The fourth-order valence-electron chi connectivity index (χ4n) is 3.92. The highest BCUT2D eigenvalue weighted by atomic mass is 19.4. The molecule has 2 saturated heterocycles. The van der Waals surface area contributed by atoms with Crippen LogP contribution in [-0.2, 0) is 15.7 Å². The summed E-state index contributed by atoms with van der Waals surface area (Å²) in [5, 5.41) is 0. The van der Waals surface area contributed by atoms with Gasteiger partial charge in [0.1, 0.15) is 5.69 Å². The first-order chi connectivity index (χ1) is 12.8. The summed E-state index contributed by atoms with van der Waals surface area (Å²) in [4.78, 5) is 17.7. The van der Waals surface area contributed by atoms with E-state index in [2.05, 4.69) is 4.98 Å². The molecular formula is C19H23F3N2O3. The van der Waals surface area contributed by atoms with Crippen molar-refractivity contribution < 1.29 is 27.4 Å². The molecule has 1 aromatic rings. The largest absolute Gasteiger partial charge is 0.433 e. The average Bonchev–Trinajstić information content (AvgIpc) is 3.41. The maximum absolute atomic E-state index is 12.9. The van der Waals surface area contributed by atoms with Gasteiger partial charge in [-0.1, -0.05) is 0 Å². The number of aromatic nitrogens is 1. The van der Waals surface area contributed by atoms with Crippen LogP contribution >= 0.6 is 0 Å². The van der Waals surface area contributed by atoms with E-state index >= 15 is 0 Å². The van der Waals surface area contributed by atoms with Crippen LogP contribution in [0.25, 0.3) is 0 Å². The Morgan fingerprint density at radius 2 is 2.22 bits per heavy atom. The number of hydrogen-bond donors (Lipinski definition) is 0. The first kappa shape index (κ1) is 18.7. The van der Waals surface area contributed by atoms with Crippen molar-refractivity contribution in [3.8, 4) is 0 Å². The SMILES string of the molecule is O=C(c1ccnc(C(F)(F)F)c1)N1CCC[C@@]2(C[C@@H](OCC3CC3)CO2)C1. The molecule has 1 aliphatic carbocycles. The van der Waals surface area contributed by atoms with E-state index < -0.39 is 23.4 Å². The quantitative estimate of drug-likeness (QED) is 0.799. The van der Waals surface area contributed by atoms with Crippen molar-refractivity contribution in [2.24, 2.45) is 5.92 Å². The maximum atomic E-state index is 12.9. The van der Waals surface area contributed by atoms with Crippen LogP contribution in [0.4, 0.5) is 13.2 Å². The lowest BCUT2D eigenvalue weighted by molar-refractivity contribution is -0.141. The van der Waals surface area contributed by atoms with Crippen molar-refractivity contribution in [1.82, 2.24) is 9.88 Å². The van der Waals surface area contributed by atoms with Crippen LogP contribution in [0.15, 0.2) is 18.3 Å². The van der Waals surface area contributed by atoms with Crippen LogP contribution in [0, 0.1) is 5.92 Å². The van der Waals surface area contributed by atoms with Gasteiger partial charge in [0, 0.05) is 31.3 Å². The zero-order valence-corrected chi connectivity index (χ0v) is 15.0. The lowest BCUT2D eigenvalue weighted by Crippen LogP contribution is -2.50. The number of likely N-dealkylation sites (tertiary alicyclic amines) is 1. The van der Waals surface area contributed by atoms with Crippen LogP contribution in [0.3, 0.4) is 0 Å². The number of halogens is 3. The molecule has 5 nitrogen and oxygen atoms in total. The number of pyridine rings is 1. The molecule has 1 spiro atoms. The van der Waals surface area contributed by atoms with E-state index in [0.717, 1.165) is 38.1 Å². The Kier molecular flexibility index (Phi) is 4.88. The third-order valence-electron chi connectivity index (χ3n) is 5.56. The Labute approximate surface area is 155 Å². The second-order valence-electron chi connectivity index (χ2n) is 7.85. The zero-order valence-electron chi connectivity index (χ0n) is 15.0. The van der Waals surface area contributed by atoms with Crippen molar-refractivity contribution in [2.75, 3.05) is 26.3 Å². The highest BCUT2D eigenvalue weighted by molar-refractivity contribution is 5.94. The van der Waals surface area contributed by atoms with Gasteiger partial charge in [0.2, 0.25) is 0 Å². The second-order valence-corrected chi connectivity index (χ2v) is 7.85. The van der Waals surface area contributed by atoms with Gasteiger partial charge in [-0.15, -0.1) is 0 Å². The maximum Gasteiger partial charge on any atom is 0.433 e. The van der Waals surface area contributed by atoms with Gasteiger partial charge in [-0.25, -0.2) is 0 Å². The van der Waals surface area contributed by atoms with Crippen molar-refractivity contribution in [2.45, 2.75) is 50.0 Å². The Hall–Kier alpha value is -1.67. The fourth-order valence-corrected chi connectivity index (χ4v) is 3.92. The van der Waals surface area contributed by atoms with Gasteiger partial charge < -0.3 is 14.4 Å². The number of hydrogen-bond acceptors (Lipinski definition) is 4. The summed E-state index contributed by atoms with van der Waals surface area (Å²) in [6.07, 6.45) is 1.29. The molecular weight excluding hydrogens is 361 g/mol. The third-order valence-corrected chi connectivity index (χ3v) is 5.56. The molecule has 3 fully saturated rings. The zero-order chi connectivity index (χ0) is 19.1. The summed E-state index contributed by atoms with van der Waals surface area (Å²) in [6.45, 7) is 2.19. The summed E-state index contributed by atoms with van der Waals surface area (Å²) in [5.74, 6) is 0.272. The van der Waals surface area contributed by atoms with E-state index in [1.807, 2.05) is 0 Å². The molecule has 8 heteroatoms. The van der Waals surface area contributed by atoms with Gasteiger partial charge in [-0.3, -0.25) is 9.78 Å². The monoisotopic (exact) mass is 384 g/mol. The normalized spacial score (nSPS) is 28.7. The smallest absolute Gasteiger partial charge is 0.375 e. The molecule has 0 bridgehead atoms. The highest BCUT2D eigenvalue weighted by Crippen LogP contribution is 2.38. The summed E-state index contributed by atoms with van der Waals surface area (Å²) in [7, 11) is 0. The van der Waals surface area contributed by atoms with Crippen molar-refractivity contribution in [3.63, 3.8) is 0 Å². The first-order valence-electron chi connectivity index (χ1n) is 9.43. The number of carbonyl (C=O) groups excluding carboxylic acids is 1. The predicted molar refractivity (Wildman–Crippen MR) is 90.1 cm³/mol. The van der Waals surface area contributed by atoms with Crippen LogP contribution in [0.5, 0.6) is 0 Å². The molecule has 4 rings (SSSR count). The van der Waals surface area contributed by atoms with E-state index in [0.29, 0.717) is 25.6 Å². The summed E-state index contributed by atoms with van der Waals surface area (Å²) in [5.41, 5.74) is -1.48. The van der Waals surface area contributed by atoms with Crippen LogP contribution < -0.4 is 0 Å². The fraction of sp³-hybridized carbons (Fsp3) is 0.684. The van der Waals surface area contributed by atoms with E-state index in [1.54, 1.807) is 4.90 Å². The van der Waals surface area contributed by atoms with E-state index in [-0.39, 0.29) is 11.7 Å². The molecule has 27 heavy (non-hydrogen) atoms. The van der Waals surface area contributed by atoms with Gasteiger partial charge in [0.15, 0.2) is 0 Å². The molecule has 148 valence electrons. The number of nitrogens with zero attached hydrogens (tertiary/aromatic N) is 2. The van der Waals surface area contributed by atoms with Gasteiger partial charge in [0.25, 0.3) is 5.91 Å². The lowest BCUT2D eigenvalue weighted by atomic mass is 9.89. The number of rotatable bonds is 4. The lowest BCUT2D eigenvalue weighted by Gasteiger charge is -2.39. The molecule has 1 amide bonds. The standard InChI is InChI=1S/C19H23F3N2O3/c20-19(21,22)16-8-14(4-6-23-16)17(25)24-7-1-5-18(12-24)9-15(11-27-18)26-10-13-2-3-13/h4,6,8,13,15H,1-3,5,7,9-12H2/t15-,18-/m1/s1. The predicted octanol–water partition coefficient (Wildman–Crippen LogP) is 3.29. The van der Waals surface area contributed by atoms with E-state index in [1.165, 1.54) is 18.9 Å². The molecule has 0 aromatic carbocycles. The Morgan fingerprint density at radius 1 is 1.41 bits per heavy atom. The molecule has 0 N–H and O–H groups in total. The molecule has 1 saturated carbocycles. The van der Waals surface area contributed by atoms with Crippen LogP contribution in [-0.4, -0.2) is 53.8 Å². The average molecular weight is 384 g/mol. The topological polar surface area (TPSA) is 51.7 Å². The molecule has 2 atom stereocenters. The molecule has 0 unspecified atom stereocenters. The first-order valence-corrected chi connectivity index (χ1v) is 9.43. The van der Waals surface area contributed by atoms with Gasteiger partial charge in [-0.2, -0.15) is 13.2 Å². The number of alkyl halides is 3. The Morgan fingerprint density at radius 3 is 2.96 bits per heavy atom. The van der Waals surface area contributed by atoms with Crippen molar-refractivity contribution in [1.29, 1.82) is 0 Å². The summed E-state index contributed by atoms with van der Waals surface area (Å²) in [6, 6.07) is 2.15. The molecule has 0 radical (unpaired) electrons. The number of piperidine rings is 1. The summed E-state index contributed by atoms with van der Waals surface area (Å²) < 4.78 is 50.6. The third kappa shape index (κ3) is 4.27. The van der Waals surface area contributed by atoms with Gasteiger partial charge in [0.05, 0.1) is 24.9 Å². The Bertz CT molecular complexity index is 708. The highest BCUT2D eigenvalue weighted by Gasteiger charge is 2.45.